The number of hydrogen-bond acceptors (Lipinski definition) is 8. The van der Waals surface area contributed by atoms with Gasteiger partial charge in [-0.1, -0.05) is 49.3 Å². The van der Waals surface area contributed by atoms with Crippen LogP contribution in [0.25, 0.3) is 0 Å². The van der Waals surface area contributed by atoms with Gasteiger partial charge in [0.25, 0.3) is 5.91 Å². The van der Waals surface area contributed by atoms with Crippen molar-refractivity contribution >= 4 is 29.5 Å². The van der Waals surface area contributed by atoms with E-state index in [-0.39, 0.29) is 55.3 Å². The maximum Gasteiger partial charge on any atom is 0.274 e. The molecule has 1 saturated heterocycles. The molecule has 4 N–H and O–H groups in total. The highest BCUT2D eigenvalue weighted by molar-refractivity contribution is 5.97. The van der Waals surface area contributed by atoms with Gasteiger partial charge >= 0.3 is 0 Å². The predicted molar refractivity (Wildman–Crippen MR) is 159 cm³/mol. The second-order valence-electron chi connectivity index (χ2n) is 11.8. The Morgan fingerprint density at radius 1 is 0.977 bits per heavy atom. The molecule has 2 aliphatic heterocycles. The molecule has 238 valence electrons. The second-order valence-corrected chi connectivity index (χ2v) is 11.8. The van der Waals surface area contributed by atoms with Crippen LogP contribution in [0.2, 0.25) is 0 Å². The van der Waals surface area contributed by atoms with Gasteiger partial charge in [0.05, 0.1) is 6.54 Å². The van der Waals surface area contributed by atoms with Gasteiger partial charge in [-0.25, -0.2) is 0 Å². The minimum atomic E-state index is -1.00. The van der Waals surface area contributed by atoms with Crippen molar-refractivity contribution in [2.24, 2.45) is 11.8 Å². The van der Waals surface area contributed by atoms with Crippen molar-refractivity contribution in [2.45, 2.75) is 71.1 Å². The van der Waals surface area contributed by atoms with E-state index in [0.29, 0.717) is 32.5 Å². The first-order valence-corrected chi connectivity index (χ1v) is 15.2. The number of fused-ring (bicyclic) bond motifs is 2. The summed E-state index contributed by atoms with van der Waals surface area (Å²) >= 11 is 0. The smallest absolute Gasteiger partial charge is 0.274 e. The first-order valence-electron chi connectivity index (χ1n) is 15.2. The molecule has 2 aromatic rings. The van der Waals surface area contributed by atoms with E-state index in [4.69, 9.17) is 9.26 Å². The van der Waals surface area contributed by atoms with E-state index in [9.17, 15) is 24.0 Å². The fraction of sp³-hybridized carbons (Fsp3) is 0.548. The predicted octanol–water partition coefficient (Wildman–Crippen LogP) is 0.936. The Morgan fingerprint density at radius 2 is 1.68 bits per heavy atom. The standard InChI is InChI=1S/C31H42N6O7/c1-19(2)15-24-29(40)35-25(16-21-7-5-4-6-8-21)28(39)32-11-12-37(31(42)22-9-13-43-14-10-22)18-23-17-26(36-44-23)30(41)33-20(3)27(38)34-24/h4-8,17,19-20,22,24-25H,9-16,18H2,1-3H3,(H,32,39)(H,33,41)(H,34,38)(H,35,40)/t20-,24-,25-/m1/s1. The minimum absolute atomic E-state index is 0.0312. The van der Waals surface area contributed by atoms with Crippen LogP contribution >= 0.6 is 0 Å². The summed E-state index contributed by atoms with van der Waals surface area (Å²) in [5.41, 5.74) is 0.793. The van der Waals surface area contributed by atoms with Crippen molar-refractivity contribution in [3.63, 3.8) is 0 Å². The fourth-order valence-electron chi connectivity index (χ4n) is 5.26. The van der Waals surface area contributed by atoms with Gasteiger partial charge in [0.2, 0.25) is 23.6 Å². The van der Waals surface area contributed by atoms with E-state index in [1.165, 1.54) is 13.0 Å². The van der Waals surface area contributed by atoms with Crippen LogP contribution in [0, 0.1) is 11.8 Å². The van der Waals surface area contributed by atoms with Gasteiger partial charge < -0.3 is 35.4 Å². The number of amides is 5. The molecule has 2 aliphatic rings. The lowest BCUT2D eigenvalue weighted by atomic mass is 9.98. The lowest BCUT2D eigenvalue weighted by Crippen LogP contribution is -2.57. The third kappa shape index (κ3) is 9.12. The number of aromatic nitrogens is 1. The van der Waals surface area contributed by atoms with Gasteiger partial charge in [-0.3, -0.25) is 24.0 Å². The van der Waals surface area contributed by atoms with Gasteiger partial charge in [-0.05, 0) is 37.7 Å². The molecule has 1 fully saturated rings. The summed E-state index contributed by atoms with van der Waals surface area (Å²) in [6.45, 7) is 6.61. The molecule has 13 heteroatoms. The Hall–Kier alpha value is -4.26. The summed E-state index contributed by atoms with van der Waals surface area (Å²) in [6, 6.07) is 7.83. The van der Waals surface area contributed by atoms with Crippen LogP contribution in [-0.2, 0) is 36.9 Å². The van der Waals surface area contributed by atoms with Crippen LogP contribution in [0.15, 0.2) is 40.9 Å². The monoisotopic (exact) mass is 610 g/mol. The van der Waals surface area contributed by atoms with Crippen LogP contribution < -0.4 is 21.3 Å². The molecule has 0 spiro atoms. The van der Waals surface area contributed by atoms with Gasteiger partial charge in [-0.15, -0.1) is 0 Å². The summed E-state index contributed by atoms with van der Waals surface area (Å²) in [5.74, 6) is -2.17. The molecule has 0 radical (unpaired) electrons. The zero-order valence-corrected chi connectivity index (χ0v) is 25.5. The SMILES string of the molecule is CC(C)C[C@H]1NC(=O)[C@@H](C)NC(=O)c2cc(on2)CN(C(=O)C2CCOCC2)CCNC(=O)[C@@H](Cc2ccccc2)NC1=O. The maximum absolute atomic E-state index is 13.5. The Balaban J connectivity index is 1.62. The van der Waals surface area contributed by atoms with Crippen LogP contribution in [0.1, 0.15) is 61.8 Å². The van der Waals surface area contributed by atoms with Crippen LogP contribution in [0.5, 0.6) is 0 Å². The Labute approximate surface area is 256 Å². The highest BCUT2D eigenvalue weighted by atomic mass is 16.5. The summed E-state index contributed by atoms with van der Waals surface area (Å²) in [4.78, 5) is 68.1. The topological polar surface area (TPSA) is 172 Å². The summed E-state index contributed by atoms with van der Waals surface area (Å²) in [6.07, 6.45) is 1.69. The summed E-state index contributed by atoms with van der Waals surface area (Å²) in [5, 5.41) is 14.9. The Morgan fingerprint density at radius 3 is 2.39 bits per heavy atom. The average Bonchev–Trinajstić information content (AvgIpc) is 3.48. The number of hydrogen-bond donors (Lipinski definition) is 4. The molecule has 0 unspecified atom stereocenters. The number of rotatable bonds is 5. The normalized spacial score (nSPS) is 23.2. The molecule has 13 nitrogen and oxygen atoms in total. The lowest BCUT2D eigenvalue weighted by molar-refractivity contribution is -0.139. The molecular formula is C31H42N6O7. The third-order valence-electron chi connectivity index (χ3n) is 7.70. The van der Waals surface area contributed by atoms with Crippen LogP contribution in [0.4, 0.5) is 0 Å². The van der Waals surface area contributed by atoms with E-state index < -0.39 is 41.8 Å². The summed E-state index contributed by atoms with van der Waals surface area (Å²) in [7, 11) is 0. The van der Waals surface area contributed by atoms with Gasteiger partial charge in [0, 0.05) is 44.7 Å². The molecule has 4 rings (SSSR count). The second kappa shape index (κ2) is 15.5. The van der Waals surface area contributed by atoms with Crippen LogP contribution in [-0.4, -0.2) is 84.0 Å². The molecular weight excluding hydrogens is 568 g/mol. The zero-order valence-electron chi connectivity index (χ0n) is 25.5. The number of nitrogens with zero attached hydrogens (tertiary/aromatic N) is 2. The van der Waals surface area contributed by atoms with E-state index in [1.54, 1.807) is 4.90 Å². The molecule has 3 atom stereocenters. The maximum atomic E-state index is 13.5. The molecule has 1 aromatic heterocycles. The molecule has 5 amide bonds. The van der Waals surface area contributed by atoms with Crippen molar-refractivity contribution in [1.29, 1.82) is 0 Å². The average molecular weight is 611 g/mol. The lowest BCUT2D eigenvalue weighted by Gasteiger charge is -2.29. The quantitative estimate of drug-likeness (QED) is 0.387. The third-order valence-corrected chi connectivity index (χ3v) is 7.70. The summed E-state index contributed by atoms with van der Waals surface area (Å²) < 4.78 is 10.8. The molecule has 44 heavy (non-hydrogen) atoms. The molecule has 3 heterocycles. The first kappa shape index (κ1) is 32.6. The van der Waals surface area contributed by atoms with E-state index in [2.05, 4.69) is 26.4 Å². The van der Waals surface area contributed by atoms with E-state index in [1.807, 2.05) is 44.2 Å². The fourth-order valence-corrected chi connectivity index (χ4v) is 5.26. The highest BCUT2D eigenvalue weighted by Gasteiger charge is 2.31. The molecule has 1 aromatic carbocycles. The van der Waals surface area contributed by atoms with E-state index in [0.717, 1.165) is 5.56 Å². The minimum Gasteiger partial charge on any atom is -0.381 e. The van der Waals surface area contributed by atoms with Gasteiger partial charge in [0.1, 0.15) is 18.1 Å². The number of nitrogens with one attached hydrogen (secondary N) is 4. The Bertz CT molecular complexity index is 1310. The van der Waals surface area contributed by atoms with Gasteiger partial charge in [-0.2, -0.15) is 0 Å². The van der Waals surface area contributed by atoms with Crippen molar-refractivity contribution in [3.8, 4) is 0 Å². The van der Waals surface area contributed by atoms with Crippen molar-refractivity contribution in [1.82, 2.24) is 31.3 Å². The van der Waals surface area contributed by atoms with Crippen molar-refractivity contribution < 1.29 is 33.2 Å². The van der Waals surface area contributed by atoms with Crippen molar-refractivity contribution in [2.75, 3.05) is 26.3 Å². The number of benzene rings is 1. The molecule has 0 saturated carbocycles. The molecule has 0 aliphatic carbocycles. The highest BCUT2D eigenvalue weighted by Crippen LogP contribution is 2.19. The van der Waals surface area contributed by atoms with Gasteiger partial charge in [0.15, 0.2) is 11.5 Å². The number of carbonyl (C=O) groups is 5. The number of carbonyl (C=O) groups excluding carboxylic acids is 5. The van der Waals surface area contributed by atoms with E-state index >= 15 is 0 Å². The largest absolute Gasteiger partial charge is 0.381 e. The Kier molecular flexibility index (Phi) is 11.5. The number of ether oxygens (including phenoxy) is 1. The van der Waals surface area contributed by atoms with Crippen molar-refractivity contribution in [3.05, 3.63) is 53.4 Å². The molecule has 2 bridgehead atoms. The first-order chi connectivity index (χ1) is 21.1. The zero-order chi connectivity index (χ0) is 31.6. The van der Waals surface area contributed by atoms with Crippen LogP contribution in [0.3, 0.4) is 0 Å².